The number of carbonyl (C=O) groups is 1. The zero-order chi connectivity index (χ0) is 14.3. The third-order valence-corrected chi connectivity index (χ3v) is 3.08. The van der Waals surface area contributed by atoms with E-state index in [2.05, 4.69) is 9.97 Å². The average Bonchev–Trinajstić information content (AvgIpc) is 2.83. The lowest BCUT2D eigenvalue weighted by Gasteiger charge is -2.08. The maximum absolute atomic E-state index is 12.1. The summed E-state index contributed by atoms with van der Waals surface area (Å²) < 4.78 is 7.11. The number of imidazole rings is 1. The molecule has 0 saturated heterocycles. The van der Waals surface area contributed by atoms with Crippen molar-refractivity contribution in [2.24, 2.45) is 0 Å². The molecule has 5 heteroatoms. The predicted molar refractivity (Wildman–Crippen MR) is 75.8 cm³/mol. The fourth-order valence-corrected chi connectivity index (χ4v) is 2.29. The molecule has 3 aromatic rings. The molecule has 0 radical (unpaired) electrons. The van der Waals surface area contributed by atoms with Gasteiger partial charge in [0.1, 0.15) is 11.8 Å². The van der Waals surface area contributed by atoms with Gasteiger partial charge >= 0.3 is 5.97 Å². The Morgan fingerprint density at radius 3 is 2.80 bits per heavy atom. The molecule has 0 saturated carbocycles. The second kappa shape index (κ2) is 4.59. The Bertz CT molecular complexity index is 805. The van der Waals surface area contributed by atoms with E-state index in [-0.39, 0.29) is 6.10 Å². The van der Waals surface area contributed by atoms with Gasteiger partial charge in [0.05, 0.1) is 22.8 Å². The summed E-state index contributed by atoms with van der Waals surface area (Å²) in [5.41, 5.74) is 3.57. The Kier molecular flexibility index (Phi) is 2.89. The van der Waals surface area contributed by atoms with E-state index in [4.69, 9.17) is 4.74 Å². The van der Waals surface area contributed by atoms with Gasteiger partial charge in [-0.1, -0.05) is 12.1 Å². The van der Waals surface area contributed by atoms with Crippen LogP contribution < -0.4 is 0 Å². The first kappa shape index (κ1) is 12.6. The summed E-state index contributed by atoms with van der Waals surface area (Å²) in [6.07, 6.45) is 1.47. The summed E-state index contributed by atoms with van der Waals surface area (Å²) in [6.45, 7) is 5.50. The largest absolute Gasteiger partial charge is 0.458 e. The van der Waals surface area contributed by atoms with Crippen LogP contribution in [0.4, 0.5) is 0 Å². The molecule has 0 aliphatic carbocycles. The Balaban J connectivity index is 2.27. The molecule has 0 spiro atoms. The fraction of sp³-hybridized carbons (Fsp3) is 0.267. The molecule has 0 N–H and O–H groups in total. The number of esters is 1. The number of hydrogen-bond acceptors (Lipinski definition) is 4. The molecule has 0 amide bonds. The van der Waals surface area contributed by atoms with Crippen LogP contribution >= 0.6 is 0 Å². The quantitative estimate of drug-likeness (QED) is 0.671. The van der Waals surface area contributed by atoms with Crippen LogP contribution in [0.5, 0.6) is 0 Å². The van der Waals surface area contributed by atoms with Gasteiger partial charge in [-0.15, -0.1) is 0 Å². The summed E-state index contributed by atoms with van der Waals surface area (Å²) >= 11 is 0. The number of para-hydroxylation sites is 2. The van der Waals surface area contributed by atoms with Crippen molar-refractivity contribution in [2.75, 3.05) is 0 Å². The highest BCUT2D eigenvalue weighted by Gasteiger charge is 2.19. The molecule has 2 aromatic heterocycles. The van der Waals surface area contributed by atoms with Crippen LogP contribution in [0.1, 0.15) is 30.0 Å². The molecular weight excluding hydrogens is 254 g/mol. The number of nitrogens with zero attached hydrogens (tertiary/aromatic N) is 3. The van der Waals surface area contributed by atoms with Gasteiger partial charge < -0.3 is 4.74 Å². The predicted octanol–water partition coefficient (Wildman–Crippen LogP) is 2.76. The Morgan fingerprint density at radius 2 is 2.05 bits per heavy atom. The van der Waals surface area contributed by atoms with Crippen molar-refractivity contribution < 1.29 is 9.53 Å². The lowest BCUT2D eigenvalue weighted by molar-refractivity contribution is 0.0374. The van der Waals surface area contributed by atoms with Gasteiger partial charge in [0.2, 0.25) is 0 Å². The Labute approximate surface area is 116 Å². The van der Waals surface area contributed by atoms with Gasteiger partial charge in [-0.05, 0) is 32.9 Å². The number of hydrogen-bond donors (Lipinski definition) is 0. The van der Waals surface area contributed by atoms with Crippen molar-refractivity contribution in [3.05, 3.63) is 42.0 Å². The van der Waals surface area contributed by atoms with E-state index >= 15 is 0 Å². The van der Waals surface area contributed by atoms with E-state index < -0.39 is 5.97 Å². The van der Waals surface area contributed by atoms with Crippen molar-refractivity contribution >= 4 is 22.5 Å². The van der Waals surface area contributed by atoms with Crippen molar-refractivity contribution in [3.63, 3.8) is 0 Å². The van der Waals surface area contributed by atoms with E-state index in [0.717, 1.165) is 16.7 Å². The van der Waals surface area contributed by atoms with Gasteiger partial charge in [0.25, 0.3) is 0 Å². The van der Waals surface area contributed by atoms with E-state index in [9.17, 15) is 4.79 Å². The summed E-state index contributed by atoms with van der Waals surface area (Å²) in [5.74, 6) is -0.414. The summed E-state index contributed by atoms with van der Waals surface area (Å²) in [6, 6.07) is 7.76. The Hall–Kier alpha value is -2.43. The second-order valence-corrected chi connectivity index (χ2v) is 4.95. The highest BCUT2D eigenvalue weighted by molar-refractivity contribution is 5.97. The first-order valence-corrected chi connectivity index (χ1v) is 6.51. The lowest BCUT2D eigenvalue weighted by atomic mass is 10.2. The van der Waals surface area contributed by atoms with E-state index in [1.54, 1.807) is 6.33 Å². The maximum Gasteiger partial charge on any atom is 0.359 e. The molecular formula is C15H15N3O2. The highest BCUT2D eigenvalue weighted by atomic mass is 16.5. The number of ether oxygens (including phenoxy) is 1. The van der Waals surface area contributed by atoms with Gasteiger partial charge in [-0.25, -0.2) is 14.8 Å². The van der Waals surface area contributed by atoms with Crippen LogP contribution in [-0.2, 0) is 4.74 Å². The van der Waals surface area contributed by atoms with Gasteiger partial charge in [-0.2, -0.15) is 0 Å². The topological polar surface area (TPSA) is 56.5 Å². The molecule has 0 unspecified atom stereocenters. The van der Waals surface area contributed by atoms with Crippen LogP contribution in [-0.4, -0.2) is 26.4 Å². The standard InChI is InChI=1S/C15H15N3O2/c1-9(2)20-15(19)13-14-10(3)17-11-6-4-5-7-12(11)18(14)8-16-13/h4-9H,1-3H3. The maximum atomic E-state index is 12.1. The number of rotatable bonds is 2. The van der Waals surface area contributed by atoms with Crippen LogP contribution in [0.15, 0.2) is 30.6 Å². The van der Waals surface area contributed by atoms with Crippen LogP contribution in [0, 0.1) is 6.92 Å². The molecule has 2 heterocycles. The van der Waals surface area contributed by atoms with Crippen molar-refractivity contribution in [2.45, 2.75) is 26.9 Å². The summed E-state index contributed by atoms with van der Waals surface area (Å²) in [7, 11) is 0. The first-order chi connectivity index (χ1) is 9.58. The SMILES string of the molecule is Cc1nc2ccccc2n2cnc(C(=O)OC(C)C)c12. The number of benzene rings is 1. The third-order valence-electron chi connectivity index (χ3n) is 3.08. The zero-order valence-corrected chi connectivity index (χ0v) is 11.6. The molecule has 0 aliphatic rings. The number of carbonyl (C=O) groups excluding carboxylic acids is 1. The number of fused-ring (bicyclic) bond motifs is 3. The zero-order valence-electron chi connectivity index (χ0n) is 11.6. The van der Waals surface area contributed by atoms with E-state index in [1.165, 1.54) is 0 Å². The minimum absolute atomic E-state index is 0.173. The van der Waals surface area contributed by atoms with Gasteiger partial charge in [0.15, 0.2) is 5.69 Å². The van der Waals surface area contributed by atoms with Gasteiger partial charge in [-0.3, -0.25) is 4.40 Å². The molecule has 102 valence electrons. The van der Waals surface area contributed by atoms with Crippen molar-refractivity contribution in [3.8, 4) is 0 Å². The molecule has 0 atom stereocenters. The van der Waals surface area contributed by atoms with Gasteiger partial charge in [0, 0.05) is 0 Å². The molecule has 1 aromatic carbocycles. The molecule has 0 bridgehead atoms. The highest BCUT2D eigenvalue weighted by Crippen LogP contribution is 2.21. The third kappa shape index (κ3) is 1.91. The molecule has 5 nitrogen and oxygen atoms in total. The molecule has 20 heavy (non-hydrogen) atoms. The van der Waals surface area contributed by atoms with E-state index in [0.29, 0.717) is 11.2 Å². The normalized spacial score (nSPS) is 11.4. The minimum Gasteiger partial charge on any atom is -0.458 e. The minimum atomic E-state index is -0.414. The Morgan fingerprint density at radius 1 is 1.30 bits per heavy atom. The van der Waals surface area contributed by atoms with Crippen molar-refractivity contribution in [1.82, 2.24) is 14.4 Å². The smallest absolute Gasteiger partial charge is 0.359 e. The summed E-state index contributed by atoms with van der Waals surface area (Å²) in [5, 5.41) is 0. The van der Waals surface area contributed by atoms with Crippen LogP contribution in [0.25, 0.3) is 16.6 Å². The van der Waals surface area contributed by atoms with Crippen LogP contribution in [0.2, 0.25) is 0 Å². The van der Waals surface area contributed by atoms with Crippen LogP contribution in [0.3, 0.4) is 0 Å². The van der Waals surface area contributed by atoms with E-state index in [1.807, 2.05) is 49.4 Å². The summed E-state index contributed by atoms with van der Waals surface area (Å²) in [4.78, 5) is 20.8. The van der Waals surface area contributed by atoms with Crippen molar-refractivity contribution in [1.29, 1.82) is 0 Å². The second-order valence-electron chi connectivity index (χ2n) is 4.95. The number of aromatic nitrogens is 3. The molecule has 0 fully saturated rings. The number of aryl methyl sites for hydroxylation is 1. The fourth-order valence-electron chi connectivity index (χ4n) is 2.29. The monoisotopic (exact) mass is 269 g/mol. The molecule has 0 aliphatic heterocycles. The lowest BCUT2D eigenvalue weighted by Crippen LogP contribution is -2.12. The first-order valence-electron chi connectivity index (χ1n) is 6.51. The average molecular weight is 269 g/mol. The molecule has 3 rings (SSSR count).